The number of nitrogens with two attached hydrogens (primary N) is 1. The minimum absolute atomic E-state index is 0.0269. The van der Waals surface area contributed by atoms with Crippen molar-refractivity contribution in [3.8, 4) is 5.75 Å². The van der Waals surface area contributed by atoms with Gasteiger partial charge in [-0.3, -0.25) is 0 Å². The van der Waals surface area contributed by atoms with Gasteiger partial charge in [-0.25, -0.2) is 13.2 Å². The second-order valence-corrected chi connectivity index (χ2v) is 12.1. The van der Waals surface area contributed by atoms with Crippen LogP contribution in [0.5, 0.6) is 5.75 Å². The highest BCUT2D eigenvalue weighted by Crippen LogP contribution is 2.43. The lowest BCUT2D eigenvalue weighted by Gasteiger charge is -2.45. The molecule has 1 amide bonds. The maximum atomic E-state index is 13.0. The van der Waals surface area contributed by atoms with Gasteiger partial charge >= 0.3 is 6.09 Å². The Balaban J connectivity index is 1.97. The van der Waals surface area contributed by atoms with Crippen LogP contribution >= 0.6 is 11.6 Å². The van der Waals surface area contributed by atoms with E-state index in [9.17, 15) is 23.4 Å². The Hall–Kier alpha value is -3.07. The van der Waals surface area contributed by atoms with Crippen LogP contribution in [0.2, 0.25) is 5.02 Å². The van der Waals surface area contributed by atoms with Crippen molar-refractivity contribution < 1.29 is 28.2 Å². The summed E-state index contributed by atoms with van der Waals surface area (Å²) in [6, 6.07) is 18.4. The number of phenols is 1. The first-order chi connectivity index (χ1) is 16.7. The van der Waals surface area contributed by atoms with E-state index in [2.05, 4.69) is 0 Å². The number of carbonyl (C=O) groups excluding carboxylic acids is 1. The van der Waals surface area contributed by atoms with Crippen LogP contribution < -0.4 is 5.73 Å². The van der Waals surface area contributed by atoms with Crippen LogP contribution in [0.4, 0.5) is 4.79 Å². The van der Waals surface area contributed by atoms with E-state index in [1.807, 2.05) is 20.8 Å². The number of hydrogen-bond donors (Lipinski definition) is 3. The van der Waals surface area contributed by atoms with E-state index in [0.29, 0.717) is 16.1 Å². The van der Waals surface area contributed by atoms with E-state index >= 15 is 0 Å². The van der Waals surface area contributed by atoms with Gasteiger partial charge in [-0.2, -0.15) is 0 Å². The highest BCUT2D eigenvalue weighted by atomic mass is 35.5. The van der Waals surface area contributed by atoms with E-state index in [4.69, 9.17) is 22.1 Å². The van der Waals surface area contributed by atoms with Gasteiger partial charge in [-0.05, 0) is 53.6 Å². The van der Waals surface area contributed by atoms with Crippen molar-refractivity contribution in [2.45, 2.75) is 55.1 Å². The number of benzene rings is 3. The Labute approximate surface area is 216 Å². The van der Waals surface area contributed by atoms with Gasteiger partial charge in [0, 0.05) is 23.3 Å². The lowest BCUT2D eigenvalue weighted by Crippen LogP contribution is -2.51. The molecule has 7 nitrogen and oxygen atoms in total. The van der Waals surface area contributed by atoms with Crippen LogP contribution in [-0.2, 0) is 21.0 Å². The molecular weight excluding hydrogens is 502 g/mol. The van der Waals surface area contributed by atoms with Gasteiger partial charge < -0.3 is 20.7 Å². The molecule has 9 heteroatoms. The zero-order chi connectivity index (χ0) is 26.7. The third-order valence-corrected chi connectivity index (χ3v) is 8.27. The average molecular weight is 532 g/mol. The zero-order valence-corrected chi connectivity index (χ0v) is 21.9. The molecule has 0 saturated carbocycles. The molecule has 3 rings (SSSR count). The lowest BCUT2D eigenvalue weighted by molar-refractivity contribution is -0.0931. The number of aromatic hydroxyl groups is 1. The van der Waals surface area contributed by atoms with Gasteiger partial charge in [0.05, 0.1) is 15.9 Å². The second-order valence-electron chi connectivity index (χ2n) is 9.76. The number of halogens is 1. The minimum Gasteiger partial charge on any atom is -0.508 e. The fraction of sp³-hybridized carbons (Fsp3) is 0.296. The molecule has 0 radical (unpaired) electrons. The summed E-state index contributed by atoms with van der Waals surface area (Å²) >= 11 is 6.09. The molecule has 3 aromatic carbocycles. The molecule has 1 unspecified atom stereocenters. The molecule has 0 aliphatic rings. The SMILES string of the molecule is CC(C)(C)C(Cc1ccc(S(=O)(=O)c2cccc(O)c2)cc1)(C[C@@H](O)c1cccc(Cl)c1)OC(N)=O. The van der Waals surface area contributed by atoms with Crippen molar-refractivity contribution in [1.82, 2.24) is 0 Å². The first kappa shape index (κ1) is 27.5. The topological polar surface area (TPSA) is 127 Å². The van der Waals surface area contributed by atoms with Crippen LogP contribution in [0.25, 0.3) is 0 Å². The summed E-state index contributed by atoms with van der Waals surface area (Å²) in [6.07, 6.45) is -1.79. The Bertz CT molecular complexity index is 1330. The summed E-state index contributed by atoms with van der Waals surface area (Å²) in [5.74, 6) is -0.149. The number of primary amides is 1. The summed E-state index contributed by atoms with van der Waals surface area (Å²) in [4.78, 5) is 12.0. The third-order valence-electron chi connectivity index (χ3n) is 6.27. The van der Waals surface area contributed by atoms with Crippen LogP contribution in [0.3, 0.4) is 0 Å². The number of phenolic OH excluding ortho intramolecular Hbond substituents is 1. The van der Waals surface area contributed by atoms with Crippen LogP contribution in [0, 0.1) is 5.41 Å². The molecule has 3 aromatic rings. The maximum Gasteiger partial charge on any atom is 0.405 e. The normalized spacial score (nSPS) is 14.6. The Morgan fingerprint density at radius 1 is 1.00 bits per heavy atom. The fourth-order valence-electron chi connectivity index (χ4n) is 4.11. The number of aliphatic hydroxyl groups is 1. The van der Waals surface area contributed by atoms with Gasteiger partial charge in [-0.1, -0.05) is 62.7 Å². The fourth-order valence-corrected chi connectivity index (χ4v) is 5.61. The van der Waals surface area contributed by atoms with Gasteiger partial charge in [0.1, 0.15) is 11.4 Å². The molecule has 0 spiro atoms. The molecule has 0 aliphatic heterocycles. The van der Waals surface area contributed by atoms with Crippen LogP contribution in [-0.4, -0.2) is 30.3 Å². The molecule has 2 atom stereocenters. The highest BCUT2D eigenvalue weighted by molar-refractivity contribution is 7.91. The molecule has 192 valence electrons. The van der Waals surface area contributed by atoms with Gasteiger partial charge in [0.25, 0.3) is 0 Å². The second kappa shape index (κ2) is 10.5. The molecule has 0 fully saturated rings. The number of aliphatic hydroxyl groups excluding tert-OH is 1. The predicted octanol–water partition coefficient (Wildman–Crippen LogP) is 5.42. The van der Waals surface area contributed by atoms with Gasteiger partial charge in [-0.15, -0.1) is 0 Å². The van der Waals surface area contributed by atoms with E-state index in [1.54, 1.807) is 36.4 Å². The van der Waals surface area contributed by atoms with Crippen molar-refractivity contribution in [3.05, 3.63) is 88.9 Å². The molecule has 0 aromatic heterocycles. The number of ether oxygens (including phenoxy) is 1. The summed E-state index contributed by atoms with van der Waals surface area (Å²) < 4.78 is 31.7. The van der Waals surface area contributed by atoms with Crippen molar-refractivity contribution >= 4 is 27.5 Å². The van der Waals surface area contributed by atoms with Gasteiger partial charge in [0.2, 0.25) is 9.84 Å². The number of carbonyl (C=O) groups is 1. The summed E-state index contributed by atoms with van der Waals surface area (Å²) in [5.41, 5.74) is 4.82. The Morgan fingerprint density at radius 3 is 2.19 bits per heavy atom. The van der Waals surface area contributed by atoms with E-state index in [0.717, 1.165) is 0 Å². The quantitative estimate of drug-likeness (QED) is 0.356. The number of hydrogen-bond acceptors (Lipinski definition) is 6. The summed E-state index contributed by atoms with van der Waals surface area (Å²) in [7, 11) is -3.85. The van der Waals surface area contributed by atoms with E-state index < -0.39 is 33.1 Å². The van der Waals surface area contributed by atoms with E-state index in [1.165, 1.54) is 36.4 Å². The Kier molecular flexibility index (Phi) is 8.03. The first-order valence-corrected chi connectivity index (χ1v) is 13.1. The summed E-state index contributed by atoms with van der Waals surface area (Å²) in [5, 5.41) is 21.2. The smallest absolute Gasteiger partial charge is 0.405 e. The average Bonchev–Trinajstić information content (AvgIpc) is 2.78. The third kappa shape index (κ3) is 6.19. The molecule has 0 heterocycles. The van der Waals surface area contributed by atoms with Gasteiger partial charge in [0.15, 0.2) is 0 Å². The molecule has 0 bridgehead atoms. The van der Waals surface area contributed by atoms with Crippen LogP contribution in [0.15, 0.2) is 82.6 Å². The number of amides is 1. The first-order valence-electron chi connectivity index (χ1n) is 11.3. The zero-order valence-electron chi connectivity index (χ0n) is 20.3. The van der Waals surface area contributed by atoms with Crippen molar-refractivity contribution in [2.75, 3.05) is 0 Å². The number of rotatable bonds is 8. The van der Waals surface area contributed by atoms with E-state index in [-0.39, 0.29) is 28.4 Å². The van der Waals surface area contributed by atoms with Crippen molar-refractivity contribution in [2.24, 2.45) is 11.1 Å². The molecule has 0 saturated heterocycles. The predicted molar refractivity (Wildman–Crippen MR) is 138 cm³/mol. The van der Waals surface area contributed by atoms with Crippen molar-refractivity contribution in [3.63, 3.8) is 0 Å². The highest BCUT2D eigenvalue weighted by Gasteiger charge is 2.47. The monoisotopic (exact) mass is 531 g/mol. The molecule has 0 aliphatic carbocycles. The largest absolute Gasteiger partial charge is 0.508 e. The number of sulfone groups is 1. The lowest BCUT2D eigenvalue weighted by atomic mass is 9.69. The molecular formula is C27H30ClNO6S. The van der Waals surface area contributed by atoms with Crippen LogP contribution in [0.1, 0.15) is 44.4 Å². The maximum absolute atomic E-state index is 13.0. The standard InChI is InChI=1S/C27H30ClNO6S/c1-26(2,3)27(35-25(29)32,17-24(31)19-6-4-7-20(28)14-19)16-18-10-12-22(13-11-18)36(33,34)23-9-5-8-21(30)15-23/h4-15,24,30-31H,16-17H2,1-3H3,(H2,29,32)/t24-,27?/m1/s1. The molecule has 4 N–H and O–H groups in total. The molecule has 36 heavy (non-hydrogen) atoms. The minimum atomic E-state index is -3.85. The summed E-state index contributed by atoms with van der Waals surface area (Å²) in [6.45, 7) is 5.63. The Morgan fingerprint density at radius 2 is 1.64 bits per heavy atom. The van der Waals surface area contributed by atoms with Crippen molar-refractivity contribution in [1.29, 1.82) is 0 Å².